The third-order valence-corrected chi connectivity index (χ3v) is 2.83. The molecular weight excluding hydrogens is 220 g/mol. The summed E-state index contributed by atoms with van der Waals surface area (Å²) in [5, 5.41) is 0. The molecule has 1 rings (SSSR count). The second-order valence-corrected chi connectivity index (χ2v) is 4.47. The van der Waals surface area contributed by atoms with Crippen LogP contribution in [0.1, 0.15) is 58.3 Å². The van der Waals surface area contributed by atoms with E-state index in [1.54, 1.807) is 0 Å². The summed E-state index contributed by atoms with van der Waals surface area (Å²) in [5.41, 5.74) is 0. The SMILES string of the molecule is CCCOC(=O)CCCCC(=O)OC1CCC1. The maximum Gasteiger partial charge on any atom is 0.306 e. The van der Waals surface area contributed by atoms with Crippen molar-refractivity contribution in [2.75, 3.05) is 6.61 Å². The molecule has 1 aliphatic rings. The summed E-state index contributed by atoms with van der Waals surface area (Å²) in [6.07, 6.45) is 6.41. The molecule has 0 bridgehead atoms. The first-order valence-corrected chi connectivity index (χ1v) is 6.57. The lowest BCUT2D eigenvalue weighted by atomic mass is 9.96. The van der Waals surface area contributed by atoms with E-state index >= 15 is 0 Å². The molecule has 0 spiro atoms. The van der Waals surface area contributed by atoms with Crippen LogP contribution in [0.5, 0.6) is 0 Å². The molecule has 1 aliphatic carbocycles. The van der Waals surface area contributed by atoms with Crippen LogP contribution in [0, 0.1) is 0 Å². The van der Waals surface area contributed by atoms with E-state index in [1.165, 1.54) is 6.42 Å². The molecule has 0 N–H and O–H groups in total. The summed E-state index contributed by atoms with van der Waals surface area (Å²) in [7, 11) is 0. The van der Waals surface area contributed by atoms with Crippen LogP contribution < -0.4 is 0 Å². The van der Waals surface area contributed by atoms with Gasteiger partial charge in [-0.2, -0.15) is 0 Å². The lowest BCUT2D eigenvalue weighted by Crippen LogP contribution is -2.24. The predicted molar refractivity (Wildman–Crippen MR) is 63.4 cm³/mol. The van der Waals surface area contributed by atoms with Crippen LogP contribution in [-0.4, -0.2) is 24.6 Å². The Morgan fingerprint density at radius 2 is 1.76 bits per heavy atom. The van der Waals surface area contributed by atoms with Gasteiger partial charge in [-0.05, 0) is 38.5 Å². The van der Waals surface area contributed by atoms with Crippen LogP contribution in [0.3, 0.4) is 0 Å². The molecule has 0 unspecified atom stereocenters. The van der Waals surface area contributed by atoms with E-state index in [0.717, 1.165) is 19.3 Å². The number of rotatable bonds is 8. The topological polar surface area (TPSA) is 52.6 Å². The lowest BCUT2D eigenvalue weighted by molar-refractivity contribution is -0.153. The first kappa shape index (κ1) is 14.0. The van der Waals surface area contributed by atoms with Crippen LogP contribution in [-0.2, 0) is 19.1 Å². The monoisotopic (exact) mass is 242 g/mol. The van der Waals surface area contributed by atoms with E-state index in [2.05, 4.69) is 0 Å². The fourth-order valence-electron chi connectivity index (χ4n) is 1.56. The normalized spacial score (nSPS) is 15.1. The summed E-state index contributed by atoms with van der Waals surface area (Å²) < 4.78 is 10.1. The minimum atomic E-state index is -0.167. The van der Waals surface area contributed by atoms with Gasteiger partial charge in [-0.3, -0.25) is 9.59 Å². The molecule has 0 aromatic carbocycles. The molecule has 1 fully saturated rings. The number of hydrogen-bond acceptors (Lipinski definition) is 4. The Kier molecular flexibility index (Phi) is 6.67. The Labute approximate surface area is 103 Å². The number of carbonyl (C=O) groups excluding carboxylic acids is 2. The van der Waals surface area contributed by atoms with Gasteiger partial charge < -0.3 is 9.47 Å². The highest BCUT2D eigenvalue weighted by Gasteiger charge is 2.21. The van der Waals surface area contributed by atoms with Gasteiger partial charge in [0.15, 0.2) is 0 Å². The maximum atomic E-state index is 11.3. The Balaban J connectivity index is 1.92. The molecule has 4 nitrogen and oxygen atoms in total. The van der Waals surface area contributed by atoms with E-state index in [9.17, 15) is 9.59 Å². The van der Waals surface area contributed by atoms with Crippen LogP contribution in [0.15, 0.2) is 0 Å². The maximum absolute atomic E-state index is 11.3. The zero-order chi connectivity index (χ0) is 12.5. The largest absolute Gasteiger partial charge is 0.466 e. The van der Waals surface area contributed by atoms with Crippen molar-refractivity contribution in [2.45, 2.75) is 64.4 Å². The summed E-state index contributed by atoms with van der Waals surface area (Å²) in [5.74, 6) is -0.296. The Bertz CT molecular complexity index is 246. The van der Waals surface area contributed by atoms with Gasteiger partial charge in [-0.25, -0.2) is 0 Å². The predicted octanol–water partition coefficient (Wildman–Crippen LogP) is 2.60. The van der Waals surface area contributed by atoms with Gasteiger partial charge in [0.25, 0.3) is 0 Å². The smallest absolute Gasteiger partial charge is 0.306 e. The Morgan fingerprint density at radius 3 is 2.29 bits per heavy atom. The van der Waals surface area contributed by atoms with Crippen molar-refractivity contribution < 1.29 is 19.1 Å². The van der Waals surface area contributed by atoms with Gasteiger partial charge in [0, 0.05) is 12.8 Å². The van der Waals surface area contributed by atoms with Crippen molar-refractivity contribution in [3.05, 3.63) is 0 Å². The summed E-state index contributed by atoms with van der Waals surface area (Å²) >= 11 is 0. The molecule has 0 amide bonds. The molecule has 0 heterocycles. The van der Waals surface area contributed by atoms with Gasteiger partial charge in [-0.1, -0.05) is 6.92 Å². The second kappa shape index (κ2) is 8.09. The van der Waals surface area contributed by atoms with Crippen molar-refractivity contribution >= 4 is 11.9 Å². The van der Waals surface area contributed by atoms with Crippen LogP contribution in [0.25, 0.3) is 0 Å². The highest BCUT2D eigenvalue weighted by molar-refractivity contribution is 5.70. The molecule has 0 radical (unpaired) electrons. The lowest BCUT2D eigenvalue weighted by Gasteiger charge is -2.25. The van der Waals surface area contributed by atoms with E-state index in [4.69, 9.17) is 9.47 Å². The second-order valence-electron chi connectivity index (χ2n) is 4.47. The third-order valence-electron chi connectivity index (χ3n) is 2.83. The molecule has 0 aromatic heterocycles. The van der Waals surface area contributed by atoms with Crippen molar-refractivity contribution in [2.24, 2.45) is 0 Å². The fourth-order valence-corrected chi connectivity index (χ4v) is 1.56. The quantitative estimate of drug-likeness (QED) is 0.485. The van der Waals surface area contributed by atoms with E-state index < -0.39 is 0 Å². The van der Waals surface area contributed by atoms with Gasteiger partial charge >= 0.3 is 11.9 Å². The summed E-state index contributed by atoms with van der Waals surface area (Å²) in [6.45, 7) is 2.45. The van der Waals surface area contributed by atoms with Gasteiger partial charge in [0.05, 0.1) is 6.61 Å². The highest BCUT2D eigenvalue weighted by atomic mass is 16.5. The number of carbonyl (C=O) groups is 2. The van der Waals surface area contributed by atoms with E-state index in [1.807, 2.05) is 6.92 Å². The van der Waals surface area contributed by atoms with Crippen LogP contribution in [0.4, 0.5) is 0 Å². The number of esters is 2. The van der Waals surface area contributed by atoms with Gasteiger partial charge in [0.1, 0.15) is 6.10 Å². The molecule has 0 atom stereocenters. The average Bonchev–Trinajstić information content (AvgIpc) is 2.26. The number of unbranched alkanes of at least 4 members (excludes halogenated alkanes) is 1. The number of ether oxygens (including phenoxy) is 2. The van der Waals surface area contributed by atoms with Crippen molar-refractivity contribution in [1.29, 1.82) is 0 Å². The van der Waals surface area contributed by atoms with Crippen LogP contribution in [0.2, 0.25) is 0 Å². The minimum absolute atomic E-state index is 0.128. The molecule has 0 saturated heterocycles. The highest BCUT2D eigenvalue weighted by Crippen LogP contribution is 2.22. The first-order chi connectivity index (χ1) is 8.22. The zero-order valence-corrected chi connectivity index (χ0v) is 10.6. The molecule has 0 aromatic rings. The standard InChI is InChI=1S/C13H22O4/c1-2-10-16-12(14)8-3-4-9-13(15)17-11-6-5-7-11/h11H,2-10H2,1H3. The fraction of sp³-hybridized carbons (Fsp3) is 0.846. The molecule has 98 valence electrons. The average molecular weight is 242 g/mol. The first-order valence-electron chi connectivity index (χ1n) is 6.57. The van der Waals surface area contributed by atoms with Crippen LogP contribution >= 0.6 is 0 Å². The summed E-state index contributed by atoms with van der Waals surface area (Å²) in [4.78, 5) is 22.5. The number of hydrogen-bond donors (Lipinski definition) is 0. The molecule has 0 aliphatic heterocycles. The van der Waals surface area contributed by atoms with E-state index in [-0.39, 0.29) is 18.0 Å². The molecule has 17 heavy (non-hydrogen) atoms. The summed E-state index contributed by atoms with van der Waals surface area (Å²) in [6, 6.07) is 0. The Morgan fingerprint density at radius 1 is 1.12 bits per heavy atom. The van der Waals surface area contributed by atoms with Crippen molar-refractivity contribution in [3.63, 3.8) is 0 Å². The molecule has 1 saturated carbocycles. The van der Waals surface area contributed by atoms with Gasteiger partial charge in [0.2, 0.25) is 0 Å². The molecular formula is C13H22O4. The van der Waals surface area contributed by atoms with E-state index in [0.29, 0.717) is 32.3 Å². The van der Waals surface area contributed by atoms with Gasteiger partial charge in [-0.15, -0.1) is 0 Å². The minimum Gasteiger partial charge on any atom is -0.466 e. The zero-order valence-electron chi connectivity index (χ0n) is 10.6. The van der Waals surface area contributed by atoms with Crippen molar-refractivity contribution in [3.8, 4) is 0 Å². The molecule has 4 heteroatoms. The van der Waals surface area contributed by atoms with Crippen molar-refractivity contribution in [1.82, 2.24) is 0 Å². The Hall–Kier alpha value is -1.06. The third kappa shape index (κ3) is 6.29.